The van der Waals surface area contributed by atoms with Crippen molar-refractivity contribution in [3.05, 3.63) is 60.2 Å². The molecule has 0 N–H and O–H groups in total. The molecule has 8 heteroatoms. The maximum absolute atomic E-state index is 13.0. The lowest BCUT2D eigenvalue weighted by Gasteiger charge is -2.31. The van der Waals surface area contributed by atoms with Crippen LogP contribution in [0.3, 0.4) is 0 Å². The van der Waals surface area contributed by atoms with Crippen LogP contribution in [0, 0.1) is 11.7 Å². The Balaban J connectivity index is 1.27. The molecular weight excluding hydrogens is 361 g/mol. The second-order valence-electron chi connectivity index (χ2n) is 6.87. The van der Waals surface area contributed by atoms with E-state index in [1.54, 1.807) is 30.6 Å². The molecule has 0 spiro atoms. The van der Waals surface area contributed by atoms with E-state index in [0.717, 1.165) is 19.3 Å². The van der Waals surface area contributed by atoms with Crippen molar-refractivity contribution in [2.45, 2.75) is 25.7 Å². The van der Waals surface area contributed by atoms with Gasteiger partial charge >= 0.3 is 0 Å². The van der Waals surface area contributed by atoms with Crippen LogP contribution >= 0.6 is 0 Å². The van der Waals surface area contributed by atoms with Crippen molar-refractivity contribution in [2.75, 3.05) is 13.1 Å². The summed E-state index contributed by atoms with van der Waals surface area (Å²) in [5, 5.41) is 4.02. The molecule has 2 aromatic heterocycles. The zero-order valence-corrected chi connectivity index (χ0v) is 15.3. The summed E-state index contributed by atoms with van der Waals surface area (Å²) in [6, 6.07) is 7.68. The van der Waals surface area contributed by atoms with Gasteiger partial charge in [0, 0.05) is 37.5 Å². The third-order valence-electron chi connectivity index (χ3n) is 4.99. The van der Waals surface area contributed by atoms with E-state index < -0.39 is 0 Å². The number of aryl methyl sites for hydroxylation is 1. The molecule has 0 aliphatic carbocycles. The Labute approximate surface area is 161 Å². The van der Waals surface area contributed by atoms with Crippen LogP contribution in [0.25, 0.3) is 11.5 Å². The Morgan fingerprint density at radius 3 is 2.57 bits per heavy atom. The fourth-order valence-electron chi connectivity index (χ4n) is 3.37. The molecule has 1 fully saturated rings. The van der Waals surface area contributed by atoms with Gasteiger partial charge in [0.2, 0.25) is 5.82 Å². The molecule has 1 aliphatic heterocycles. The molecule has 28 heavy (non-hydrogen) atoms. The van der Waals surface area contributed by atoms with E-state index in [0.29, 0.717) is 42.7 Å². The molecule has 0 unspecified atom stereocenters. The molecule has 0 bridgehead atoms. The fourth-order valence-corrected chi connectivity index (χ4v) is 3.37. The number of carbonyl (C=O) groups excluding carboxylic acids is 1. The number of piperidine rings is 1. The Morgan fingerprint density at radius 1 is 1.14 bits per heavy atom. The van der Waals surface area contributed by atoms with Crippen molar-refractivity contribution >= 4 is 5.91 Å². The molecule has 0 atom stereocenters. The van der Waals surface area contributed by atoms with Gasteiger partial charge in [0.05, 0.1) is 0 Å². The molecule has 3 heterocycles. The number of hydrogen-bond acceptors (Lipinski definition) is 6. The number of likely N-dealkylation sites (tertiary alicyclic amines) is 1. The number of amides is 1. The summed E-state index contributed by atoms with van der Waals surface area (Å²) in [7, 11) is 0. The van der Waals surface area contributed by atoms with Crippen molar-refractivity contribution in [2.24, 2.45) is 5.92 Å². The standard InChI is InChI=1S/C20H20FN5O2/c21-16-5-3-15(4-6-16)19-24-17(25-28-19)7-2-14-8-12-26(13-9-14)20(27)18-22-10-1-11-23-18/h1,3-6,10-11,14H,2,7-9,12-13H2. The first-order chi connectivity index (χ1) is 13.7. The highest BCUT2D eigenvalue weighted by atomic mass is 19.1. The maximum Gasteiger partial charge on any atom is 0.291 e. The smallest absolute Gasteiger partial charge is 0.291 e. The summed E-state index contributed by atoms with van der Waals surface area (Å²) < 4.78 is 18.3. The molecule has 1 aliphatic rings. The quantitative estimate of drug-likeness (QED) is 0.675. The van der Waals surface area contributed by atoms with Crippen molar-refractivity contribution in [3.8, 4) is 11.5 Å². The number of rotatable bonds is 5. The summed E-state index contributed by atoms with van der Waals surface area (Å²) in [6.45, 7) is 1.41. The minimum absolute atomic E-state index is 0.110. The van der Waals surface area contributed by atoms with Crippen molar-refractivity contribution in [3.63, 3.8) is 0 Å². The largest absolute Gasteiger partial charge is 0.336 e. The van der Waals surface area contributed by atoms with E-state index in [1.165, 1.54) is 12.1 Å². The number of nitrogens with zero attached hydrogens (tertiary/aromatic N) is 5. The summed E-state index contributed by atoms with van der Waals surface area (Å²) in [6.07, 6.45) is 6.68. The zero-order chi connectivity index (χ0) is 19.3. The summed E-state index contributed by atoms with van der Waals surface area (Å²) in [4.78, 5) is 26.7. The molecule has 1 amide bonds. The molecule has 144 valence electrons. The van der Waals surface area contributed by atoms with E-state index >= 15 is 0 Å². The first-order valence-electron chi connectivity index (χ1n) is 9.34. The lowest BCUT2D eigenvalue weighted by Crippen LogP contribution is -2.39. The lowest BCUT2D eigenvalue weighted by molar-refractivity contribution is 0.0674. The van der Waals surface area contributed by atoms with Crippen LogP contribution in [-0.4, -0.2) is 44.0 Å². The van der Waals surface area contributed by atoms with E-state index in [1.807, 2.05) is 4.90 Å². The van der Waals surface area contributed by atoms with E-state index in [2.05, 4.69) is 20.1 Å². The van der Waals surface area contributed by atoms with Crippen LogP contribution in [0.2, 0.25) is 0 Å². The van der Waals surface area contributed by atoms with Crippen LogP contribution in [0.15, 0.2) is 47.2 Å². The Bertz CT molecular complexity index is 921. The van der Waals surface area contributed by atoms with E-state index in [-0.39, 0.29) is 17.5 Å². The average Bonchev–Trinajstić information content (AvgIpc) is 3.22. The van der Waals surface area contributed by atoms with Crippen LogP contribution in [0.5, 0.6) is 0 Å². The fraction of sp³-hybridized carbons (Fsp3) is 0.350. The number of aromatic nitrogens is 4. The van der Waals surface area contributed by atoms with Gasteiger partial charge in [0.25, 0.3) is 11.8 Å². The summed E-state index contributed by atoms with van der Waals surface area (Å²) >= 11 is 0. The SMILES string of the molecule is O=C(c1ncccn1)N1CCC(CCc2noc(-c3ccc(F)cc3)n2)CC1. The van der Waals surface area contributed by atoms with Crippen molar-refractivity contribution in [1.29, 1.82) is 0 Å². The number of carbonyl (C=O) groups is 1. The summed E-state index contributed by atoms with van der Waals surface area (Å²) in [5.41, 5.74) is 0.704. The van der Waals surface area contributed by atoms with Crippen LogP contribution in [0.4, 0.5) is 4.39 Å². The molecule has 0 saturated carbocycles. The van der Waals surface area contributed by atoms with Crippen LogP contribution < -0.4 is 0 Å². The number of benzene rings is 1. The zero-order valence-electron chi connectivity index (χ0n) is 15.3. The molecule has 3 aromatic rings. The predicted octanol–water partition coefficient (Wildman–Crippen LogP) is 3.15. The first kappa shape index (κ1) is 18.2. The molecule has 1 saturated heterocycles. The molecule has 7 nitrogen and oxygen atoms in total. The minimum Gasteiger partial charge on any atom is -0.336 e. The van der Waals surface area contributed by atoms with E-state index in [9.17, 15) is 9.18 Å². The Hall–Kier alpha value is -3.16. The minimum atomic E-state index is -0.299. The Morgan fingerprint density at radius 2 is 1.86 bits per heavy atom. The molecular formula is C20H20FN5O2. The average molecular weight is 381 g/mol. The highest BCUT2D eigenvalue weighted by Crippen LogP contribution is 2.24. The molecule has 1 aromatic carbocycles. The monoisotopic (exact) mass is 381 g/mol. The van der Waals surface area contributed by atoms with Crippen LogP contribution in [-0.2, 0) is 6.42 Å². The lowest BCUT2D eigenvalue weighted by atomic mass is 9.92. The highest BCUT2D eigenvalue weighted by Gasteiger charge is 2.25. The third-order valence-corrected chi connectivity index (χ3v) is 4.99. The number of hydrogen-bond donors (Lipinski definition) is 0. The van der Waals surface area contributed by atoms with Gasteiger partial charge in [-0.2, -0.15) is 4.98 Å². The van der Waals surface area contributed by atoms with Gasteiger partial charge in [0.15, 0.2) is 5.82 Å². The van der Waals surface area contributed by atoms with Gasteiger partial charge in [0.1, 0.15) is 5.82 Å². The van der Waals surface area contributed by atoms with Gasteiger partial charge in [-0.1, -0.05) is 5.16 Å². The van der Waals surface area contributed by atoms with Gasteiger partial charge in [-0.25, -0.2) is 14.4 Å². The van der Waals surface area contributed by atoms with Gasteiger partial charge in [-0.15, -0.1) is 0 Å². The normalized spacial score (nSPS) is 15.0. The summed E-state index contributed by atoms with van der Waals surface area (Å²) in [5.74, 6) is 1.40. The second kappa shape index (κ2) is 8.24. The van der Waals surface area contributed by atoms with Gasteiger partial charge in [-0.05, 0) is 55.5 Å². The second-order valence-corrected chi connectivity index (χ2v) is 6.87. The van der Waals surface area contributed by atoms with Crippen molar-refractivity contribution < 1.29 is 13.7 Å². The number of halogens is 1. The molecule has 0 radical (unpaired) electrons. The van der Waals surface area contributed by atoms with E-state index in [4.69, 9.17) is 4.52 Å². The van der Waals surface area contributed by atoms with Gasteiger partial charge in [-0.3, -0.25) is 4.79 Å². The third kappa shape index (κ3) is 4.21. The molecule has 4 rings (SSSR count). The maximum atomic E-state index is 13.0. The van der Waals surface area contributed by atoms with Crippen LogP contribution in [0.1, 0.15) is 35.7 Å². The van der Waals surface area contributed by atoms with Gasteiger partial charge < -0.3 is 9.42 Å². The predicted molar refractivity (Wildman–Crippen MR) is 98.7 cm³/mol. The first-order valence-corrected chi connectivity index (χ1v) is 9.34. The van der Waals surface area contributed by atoms with Crippen molar-refractivity contribution in [1.82, 2.24) is 25.0 Å². The topological polar surface area (TPSA) is 85.0 Å². The highest BCUT2D eigenvalue weighted by molar-refractivity contribution is 5.90. The Kier molecular flexibility index (Phi) is 5.36.